The molecule has 3 aromatic rings. The molecular formula is C24H20N2O5. The minimum atomic E-state index is -1.70. The lowest BCUT2D eigenvalue weighted by molar-refractivity contribution is -0.142. The molecule has 1 saturated heterocycles. The molecule has 7 nitrogen and oxygen atoms in total. The van der Waals surface area contributed by atoms with Crippen LogP contribution >= 0.6 is 0 Å². The van der Waals surface area contributed by atoms with Crippen LogP contribution in [0.1, 0.15) is 11.1 Å². The van der Waals surface area contributed by atoms with Gasteiger partial charge in [-0.2, -0.15) is 0 Å². The molecule has 0 atom stereocenters. The van der Waals surface area contributed by atoms with E-state index in [1.165, 1.54) is 0 Å². The molecule has 7 heteroatoms. The molecule has 1 aliphatic heterocycles. The molecule has 0 unspecified atom stereocenters. The van der Waals surface area contributed by atoms with Crippen molar-refractivity contribution < 1.29 is 23.9 Å². The molecule has 31 heavy (non-hydrogen) atoms. The Morgan fingerprint density at radius 1 is 0.677 bits per heavy atom. The van der Waals surface area contributed by atoms with Gasteiger partial charge in [0.2, 0.25) is 0 Å². The number of para-hydroxylation sites is 1. The van der Waals surface area contributed by atoms with Crippen molar-refractivity contribution in [3.8, 4) is 11.5 Å². The second-order valence-corrected chi connectivity index (χ2v) is 7.06. The first-order chi connectivity index (χ1) is 15.1. The molecule has 4 amide bonds. The Morgan fingerprint density at radius 3 is 1.84 bits per heavy atom. The average Bonchev–Trinajstić information content (AvgIpc) is 2.78. The monoisotopic (exact) mass is 416 g/mol. The Hall–Kier alpha value is -3.97. The van der Waals surface area contributed by atoms with E-state index in [4.69, 9.17) is 9.47 Å². The highest BCUT2D eigenvalue weighted by molar-refractivity contribution is 6.23. The van der Waals surface area contributed by atoms with Crippen LogP contribution in [0, 0.1) is 0 Å². The van der Waals surface area contributed by atoms with Crippen LogP contribution < -0.4 is 15.4 Å². The Morgan fingerprint density at radius 2 is 1.23 bits per heavy atom. The summed E-state index contributed by atoms with van der Waals surface area (Å²) in [4.78, 5) is 37.3. The van der Waals surface area contributed by atoms with Crippen molar-refractivity contribution in [2.24, 2.45) is 0 Å². The third kappa shape index (κ3) is 4.31. The van der Waals surface area contributed by atoms with E-state index in [1.54, 1.807) is 24.3 Å². The predicted octanol–water partition coefficient (Wildman–Crippen LogP) is 3.30. The van der Waals surface area contributed by atoms with Crippen LogP contribution in [0.2, 0.25) is 0 Å². The highest BCUT2D eigenvalue weighted by atomic mass is 16.5. The lowest BCUT2D eigenvalue weighted by Gasteiger charge is -2.34. The Balaban J connectivity index is 1.58. The van der Waals surface area contributed by atoms with E-state index in [0.29, 0.717) is 17.1 Å². The quantitative estimate of drug-likeness (QED) is 0.577. The van der Waals surface area contributed by atoms with Gasteiger partial charge in [0.1, 0.15) is 11.5 Å². The van der Waals surface area contributed by atoms with Crippen LogP contribution in [0.15, 0.2) is 84.9 Å². The van der Waals surface area contributed by atoms with Crippen LogP contribution in [-0.4, -0.2) is 24.5 Å². The van der Waals surface area contributed by atoms with Gasteiger partial charge in [-0.3, -0.25) is 20.2 Å². The summed E-state index contributed by atoms with van der Waals surface area (Å²) < 4.78 is 11.5. The van der Waals surface area contributed by atoms with Crippen LogP contribution in [0.3, 0.4) is 0 Å². The van der Waals surface area contributed by atoms with Gasteiger partial charge in [0.25, 0.3) is 11.8 Å². The summed E-state index contributed by atoms with van der Waals surface area (Å²) >= 11 is 0. The predicted molar refractivity (Wildman–Crippen MR) is 112 cm³/mol. The molecule has 0 radical (unpaired) electrons. The van der Waals surface area contributed by atoms with Gasteiger partial charge in [-0.1, -0.05) is 60.7 Å². The molecule has 3 aromatic carbocycles. The van der Waals surface area contributed by atoms with Crippen molar-refractivity contribution in [2.45, 2.75) is 12.0 Å². The van der Waals surface area contributed by atoms with Crippen LogP contribution in [0.5, 0.6) is 11.5 Å². The smallest absolute Gasteiger partial charge is 0.328 e. The number of carbonyl (C=O) groups is 3. The number of rotatable bonds is 7. The number of urea groups is 1. The fourth-order valence-electron chi connectivity index (χ4n) is 3.36. The average molecular weight is 416 g/mol. The minimum Gasteiger partial charge on any atom is -0.457 e. The molecule has 0 aliphatic carbocycles. The molecule has 1 aliphatic rings. The lowest BCUT2D eigenvalue weighted by atomic mass is 9.78. The van der Waals surface area contributed by atoms with Crippen molar-refractivity contribution in [1.82, 2.24) is 10.6 Å². The highest BCUT2D eigenvalue weighted by Crippen LogP contribution is 2.31. The minimum absolute atomic E-state index is 0.215. The van der Waals surface area contributed by atoms with Crippen LogP contribution in [0.25, 0.3) is 0 Å². The molecule has 0 spiro atoms. The number of ether oxygens (including phenoxy) is 2. The largest absolute Gasteiger partial charge is 0.457 e. The number of hydrogen-bond acceptors (Lipinski definition) is 5. The van der Waals surface area contributed by atoms with Gasteiger partial charge in [0, 0.05) is 0 Å². The van der Waals surface area contributed by atoms with E-state index >= 15 is 0 Å². The summed E-state index contributed by atoms with van der Waals surface area (Å²) in [6, 6.07) is 24.4. The van der Waals surface area contributed by atoms with Gasteiger partial charge < -0.3 is 9.47 Å². The Bertz CT molecular complexity index is 1060. The second kappa shape index (κ2) is 8.81. The van der Waals surface area contributed by atoms with Crippen molar-refractivity contribution in [2.75, 3.05) is 6.61 Å². The molecule has 156 valence electrons. The van der Waals surface area contributed by atoms with E-state index in [1.807, 2.05) is 60.7 Å². The third-order valence-electron chi connectivity index (χ3n) is 4.99. The van der Waals surface area contributed by atoms with Crippen LogP contribution in [-0.2, 0) is 26.3 Å². The van der Waals surface area contributed by atoms with Gasteiger partial charge in [-0.15, -0.1) is 0 Å². The molecule has 4 rings (SSSR count). The summed E-state index contributed by atoms with van der Waals surface area (Å²) in [6.45, 7) is -0.0158. The van der Waals surface area contributed by atoms with E-state index < -0.39 is 23.3 Å². The first-order valence-corrected chi connectivity index (χ1v) is 9.70. The summed E-state index contributed by atoms with van der Waals surface area (Å²) in [5.74, 6) is -0.255. The zero-order chi connectivity index (χ0) is 21.7. The number of amides is 4. The van der Waals surface area contributed by atoms with E-state index in [0.717, 1.165) is 5.56 Å². The summed E-state index contributed by atoms with van der Waals surface area (Å²) in [5.41, 5.74) is -0.408. The third-order valence-corrected chi connectivity index (χ3v) is 4.99. The van der Waals surface area contributed by atoms with Gasteiger partial charge in [0.05, 0.1) is 13.2 Å². The van der Waals surface area contributed by atoms with Crippen molar-refractivity contribution >= 4 is 17.8 Å². The van der Waals surface area contributed by atoms with E-state index in [2.05, 4.69) is 10.6 Å². The van der Waals surface area contributed by atoms with Crippen LogP contribution in [0.4, 0.5) is 4.79 Å². The molecule has 0 saturated carbocycles. The first-order valence-electron chi connectivity index (χ1n) is 9.70. The van der Waals surface area contributed by atoms with Crippen molar-refractivity contribution in [3.05, 3.63) is 96.1 Å². The summed E-state index contributed by atoms with van der Waals surface area (Å²) in [5, 5.41) is 4.36. The van der Waals surface area contributed by atoms with Gasteiger partial charge in [-0.25, -0.2) is 4.79 Å². The molecule has 0 aromatic heterocycles. The van der Waals surface area contributed by atoms with Gasteiger partial charge in [0.15, 0.2) is 5.41 Å². The fraction of sp³-hybridized carbons (Fsp3) is 0.125. The van der Waals surface area contributed by atoms with Gasteiger partial charge in [-0.05, 0) is 35.4 Å². The SMILES string of the molecule is O=C1NC(=O)C(COCc2ccccc2)(c2ccc(Oc3ccccc3)cc2)C(=O)N1. The zero-order valence-corrected chi connectivity index (χ0v) is 16.5. The molecule has 2 N–H and O–H groups in total. The van der Waals surface area contributed by atoms with Gasteiger partial charge >= 0.3 is 6.03 Å². The molecule has 0 bridgehead atoms. The standard InChI is InChI=1S/C24H20N2O5/c27-21-24(22(28)26-23(29)25-21,16-30-15-17-7-3-1-4-8-17)18-11-13-20(14-12-18)31-19-9-5-2-6-10-19/h1-14H,15-16H2,(H2,25,26,27,28,29). The zero-order valence-electron chi connectivity index (χ0n) is 16.5. The normalized spacial score (nSPS) is 15.2. The molecule has 1 fully saturated rings. The van der Waals surface area contributed by atoms with Crippen molar-refractivity contribution in [1.29, 1.82) is 0 Å². The molecule has 1 heterocycles. The number of nitrogens with one attached hydrogen (secondary N) is 2. The summed E-state index contributed by atoms with van der Waals surface area (Å²) in [6.07, 6.45) is 0. The number of barbiturate groups is 1. The van der Waals surface area contributed by atoms with E-state index in [9.17, 15) is 14.4 Å². The molecular weight excluding hydrogens is 396 g/mol. The van der Waals surface area contributed by atoms with Crippen molar-refractivity contribution in [3.63, 3.8) is 0 Å². The maximum absolute atomic E-state index is 12.9. The van der Waals surface area contributed by atoms with E-state index in [-0.39, 0.29) is 13.2 Å². The maximum Gasteiger partial charge on any atom is 0.328 e. The number of benzene rings is 3. The number of imide groups is 2. The topological polar surface area (TPSA) is 93.7 Å². The fourth-order valence-corrected chi connectivity index (χ4v) is 3.36. The highest BCUT2D eigenvalue weighted by Gasteiger charge is 2.52. The summed E-state index contributed by atoms with van der Waals surface area (Å²) in [7, 11) is 0. The first kappa shape index (κ1) is 20.3. The number of hydrogen-bond donors (Lipinski definition) is 2. The Kier molecular flexibility index (Phi) is 5.77. The number of carbonyl (C=O) groups excluding carboxylic acids is 3. The lowest BCUT2D eigenvalue weighted by Crippen LogP contribution is -2.66. The Labute approximate surface area is 179 Å². The second-order valence-electron chi connectivity index (χ2n) is 7.06. The maximum atomic E-state index is 12.9.